The molecule has 1 amide bonds. The average molecular weight is 261 g/mol. The first kappa shape index (κ1) is 13.9. The van der Waals surface area contributed by atoms with Crippen molar-refractivity contribution in [3.8, 4) is 0 Å². The maximum atomic E-state index is 11.8. The summed E-state index contributed by atoms with van der Waals surface area (Å²) in [7, 11) is 1.68. The maximum absolute atomic E-state index is 11.8. The number of nitrogens with one attached hydrogen (secondary N) is 2. The second-order valence-electron chi connectivity index (χ2n) is 5.89. The number of carbonyl (C=O) groups excluding carboxylic acids is 1. The summed E-state index contributed by atoms with van der Waals surface area (Å²) in [5.74, 6) is 0.0653. The summed E-state index contributed by atoms with van der Waals surface area (Å²) in [6.07, 6.45) is 2.13. The highest BCUT2D eigenvalue weighted by Gasteiger charge is 2.29. The van der Waals surface area contributed by atoms with Crippen molar-refractivity contribution in [1.82, 2.24) is 10.6 Å². The minimum Gasteiger partial charge on any atom is -0.399 e. The third-order valence-corrected chi connectivity index (χ3v) is 3.88. The molecule has 1 aromatic rings. The van der Waals surface area contributed by atoms with Crippen molar-refractivity contribution < 1.29 is 4.79 Å². The predicted molar refractivity (Wildman–Crippen MR) is 77.8 cm³/mol. The monoisotopic (exact) mass is 261 g/mol. The fourth-order valence-electron chi connectivity index (χ4n) is 2.65. The van der Waals surface area contributed by atoms with Crippen LogP contribution >= 0.6 is 0 Å². The van der Waals surface area contributed by atoms with Crippen LogP contribution in [0.25, 0.3) is 0 Å². The number of hydrogen-bond donors (Lipinski definition) is 3. The number of fused-ring (bicyclic) bond motifs is 1. The molecule has 0 saturated carbocycles. The first-order chi connectivity index (χ1) is 8.94. The van der Waals surface area contributed by atoms with Crippen molar-refractivity contribution in [2.24, 2.45) is 5.41 Å². The third kappa shape index (κ3) is 2.89. The van der Waals surface area contributed by atoms with Crippen molar-refractivity contribution in [2.75, 3.05) is 19.3 Å². The summed E-state index contributed by atoms with van der Waals surface area (Å²) in [5.41, 5.74) is 8.88. The van der Waals surface area contributed by atoms with Gasteiger partial charge in [0, 0.05) is 25.3 Å². The molecule has 4 N–H and O–H groups in total. The lowest BCUT2D eigenvalue weighted by Crippen LogP contribution is -2.42. The van der Waals surface area contributed by atoms with Gasteiger partial charge in [0.2, 0.25) is 5.91 Å². The van der Waals surface area contributed by atoms with E-state index in [1.807, 2.05) is 19.9 Å². The second-order valence-corrected chi connectivity index (χ2v) is 5.89. The number of anilines is 1. The van der Waals surface area contributed by atoms with E-state index in [0.29, 0.717) is 12.6 Å². The largest absolute Gasteiger partial charge is 0.399 e. The van der Waals surface area contributed by atoms with E-state index >= 15 is 0 Å². The van der Waals surface area contributed by atoms with Crippen LogP contribution in [-0.4, -0.2) is 19.5 Å². The van der Waals surface area contributed by atoms with Crippen LogP contribution in [0.3, 0.4) is 0 Å². The lowest BCUT2D eigenvalue weighted by atomic mass is 9.91. The Morgan fingerprint density at radius 1 is 1.47 bits per heavy atom. The lowest BCUT2D eigenvalue weighted by Gasteiger charge is -2.25. The number of benzene rings is 1. The molecular weight excluding hydrogens is 238 g/mol. The number of hydrogen-bond acceptors (Lipinski definition) is 3. The Kier molecular flexibility index (Phi) is 3.80. The third-order valence-electron chi connectivity index (χ3n) is 3.88. The van der Waals surface area contributed by atoms with Crippen LogP contribution in [0.1, 0.15) is 37.4 Å². The van der Waals surface area contributed by atoms with Gasteiger partial charge in [-0.3, -0.25) is 4.79 Å². The molecule has 0 fully saturated rings. The molecule has 0 bridgehead atoms. The SMILES string of the molecule is CNC(=O)C(C)(C)CNC1CCc2cc(N)ccc21. The molecule has 4 heteroatoms. The fourth-order valence-corrected chi connectivity index (χ4v) is 2.65. The van der Waals surface area contributed by atoms with Crippen LogP contribution < -0.4 is 16.4 Å². The van der Waals surface area contributed by atoms with Crippen LogP contribution in [0.5, 0.6) is 0 Å². The number of amides is 1. The molecular formula is C15H23N3O. The van der Waals surface area contributed by atoms with Crippen LogP contribution in [0.15, 0.2) is 18.2 Å². The smallest absolute Gasteiger partial charge is 0.226 e. The van der Waals surface area contributed by atoms with Crippen molar-refractivity contribution >= 4 is 11.6 Å². The average Bonchev–Trinajstić information content (AvgIpc) is 2.77. The lowest BCUT2D eigenvalue weighted by molar-refractivity contribution is -0.128. The van der Waals surface area contributed by atoms with Crippen LogP contribution in [0.4, 0.5) is 5.69 Å². The molecule has 1 atom stereocenters. The molecule has 4 nitrogen and oxygen atoms in total. The molecule has 104 valence electrons. The molecule has 19 heavy (non-hydrogen) atoms. The molecule has 0 saturated heterocycles. The Balaban J connectivity index is 2.02. The first-order valence-corrected chi connectivity index (χ1v) is 6.78. The molecule has 0 radical (unpaired) electrons. The van der Waals surface area contributed by atoms with Crippen molar-refractivity contribution in [2.45, 2.75) is 32.7 Å². The Morgan fingerprint density at radius 3 is 2.89 bits per heavy atom. The van der Waals surface area contributed by atoms with Gasteiger partial charge in [0.25, 0.3) is 0 Å². The van der Waals surface area contributed by atoms with Gasteiger partial charge < -0.3 is 16.4 Å². The maximum Gasteiger partial charge on any atom is 0.226 e. The van der Waals surface area contributed by atoms with E-state index in [-0.39, 0.29) is 5.91 Å². The Morgan fingerprint density at radius 2 is 2.21 bits per heavy atom. The zero-order valence-electron chi connectivity index (χ0n) is 11.9. The molecule has 1 aliphatic rings. The predicted octanol–water partition coefficient (Wildman–Crippen LogP) is 1.62. The number of carbonyl (C=O) groups is 1. The molecule has 0 spiro atoms. The van der Waals surface area contributed by atoms with E-state index in [9.17, 15) is 4.79 Å². The molecule has 2 rings (SSSR count). The van der Waals surface area contributed by atoms with Crippen molar-refractivity contribution in [1.29, 1.82) is 0 Å². The highest BCUT2D eigenvalue weighted by molar-refractivity contribution is 5.81. The molecule has 0 aliphatic heterocycles. The minimum absolute atomic E-state index is 0.0653. The van der Waals surface area contributed by atoms with Gasteiger partial charge in [-0.2, -0.15) is 0 Å². The summed E-state index contributed by atoms with van der Waals surface area (Å²) < 4.78 is 0. The van der Waals surface area contributed by atoms with Gasteiger partial charge >= 0.3 is 0 Å². The normalized spacial score (nSPS) is 18.2. The van der Waals surface area contributed by atoms with Crippen LogP contribution in [0, 0.1) is 5.41 Å². The number of nitrogens with two attached hydrogens (primary N) is 1. The Bertz CT molecular complexity index is 482. The Labute approximate surface area is 114 Å². The van der Waals surface area contributed by atoms with Crippen molar-refractivity contribution in [3.63, 3.8) is 0 Å². The summed E-state index contributed by atoms with van der Waals surface area (Å²) in [6.45, 7) is 4.58. The van der Waals surface area contributed by atoms with Crippen LogP contribution in [-0.2, 0) is 11.2 Å². The molecule has 0 aromatic heterocycles. The van der Waals surface area contributed by atoms with E-state index in [1.165, 1.54) is 11.1 Å². The van der Waals surface area contributed by atoms with Gasteiger partial charge in [0.1, 0.15) is 0 Å². The van der Waals surface area contributed by atoms with Gasteiger partial charge in [-0.05, 0) is 49.9 Å². The number of nitrogen functional groups attached to an aromatic ring is 1. The topological polar surface area (TPSA) is 67.2 Å². The second kappa shape index (κ2) is 5.21. The highest BCUT2D eigenvalue weighted by atomic mass is 16.2. The van der Waals surface area contributed by atoms with E-state index in [2.05, 4.69) is 22.8 Å². The summed E-state index contributed by atoms with van der Waals surface area (Å²) in [5, 5.41) is 6.22. The number of rotatable bonds is 4. The van der Waals surface area contributed by atoms with Gasteiger partial charge in [-0.25, -0.2) is 0 Å². The fraction of sp³-hybridized carbons (Fsp3) is 0.533. The number of aryl methyl sites for hydroxylation is 1. The highest BCUT2D eigenvalue weighted by Crippen LogP contribution is 2.32. The van der Waals surface area contributed by atoms with E-state index in [1.54, 1.807) is 7.05 Å². The summed E-state index contributed by atoms with van der Waals surface area (Å²) in [4.78, 5) is 11.8. The van der Waals surface area contributed by atoms with Crippen LogP contribution in [0.2, 0.25) is 0 Å². The van der Waals surface area contributed by atoms with Gasteiger partial charge in [-0.1, -0.05) is 6.07 Å². The van der Waals surface area contributed by atoms with Crippen molar-refractivity contribution in [3.05, 3.63) is 29.3 Å². The van der Waals surface area contributed by atoms with E-state index < -0.39 is 5.41 Å². The summed E-state index contributed by atoms with van der Waals surface area (Å²) in [6, 6.07) is 6.44. The molecule has 1 unspecified atom stereocenters. The summed E-state index contributed by atoms with van der Waals surface area (Å²) >= 11 is 0. The molecule has 1 aliphatic carbocycles. The quantitative estimate of drug-likeness (QED) is 0.721. The zero-order valence-corrected chi connectivity index (χ0v) is 11.9. The molecule has 1 aromatic carbocycles. The van der Waals surface area contributed by atoms with E-state index in [4.69, 9.17) is 5.73 Å². The Hall–Kier alpha value is -1.55. The van der Waals surface area contributed by atoms with Gasteiger partial charge in [0.15, 0.2) is 0 Å². The van der Waals surface area contributed by atoms with Gasteiger partial charge in [0.05, 0.1) is 5.41 Å². The standard InChI is InChI=1S/C15H23N3O/c1-15(2,14(19)17-3)9-18-13-7-4-10-8-11(16)5-6-12(10)13/h5-6,8,13,18H,4,7,9,16H2,1-3H3,(H,17,19). The first-order valence-electron chi connectivity index (χ1n) is 6.78. The van der Waals surface area contributed by atoms with E-state index in [0.717, 1.165) is 18.5 Å². The minimum atomic E-state index is -0.398. The zero-order chi connectivity index (χ0) is 14.0. The van der Waals surface area contributed by atoms with Gasteiger partial charge in [-0.15, -0.1) is 0 Å². The molecule has 0 heterocycles.